The van der Waals surface area contributed by atoms with Gasteiger partial charge in [-0.25, -0.2) is 9.59 Å². The normalized spacial score (nSPS) is 13.2. The largest absolute Gasteiger partial charge is 0.480 e. The van der Waals surface area contributed by atoms with Crippen molar-refractivity contribution in [2.45, 2.75) is 64.5 Å². The highest BCUT2D eigenvalue weighted by Crippen LogP contribution is 2.10. The molecule has 8 heteroatoms. The SMILES string of the molecule is CC(C)(C)OC(=O)C[C@H](NC(=O)OCC[Si](C)(C)C)C(=O)O. The molecule has 0 aromatic rings. The summed E-state index contributed by atoms with van der Waals surface area (Å²) in [6.07, 6.45) is -1.29. The summed E-state index contributed by atoms with van der Waals surface area (Å²) in [6, 6.07) is -0.584. The Morgan fingerprint density at radius 3 is 2.14 bits per heavy atom. The maximum atomic E-state index is 11.6. The smallest absolute Gasteiger partial charge is 0.407 e. The minimum Gasteiger partial charge on any atom is -0.480 e. The van der Waals surface area contributed by atoms with Crippen LogP contribution in [0.5, 0.6) is 0 Å². The van der Waals surface area contributed by atoms with E-state index in [1.807, 2.05) is 0 Å². The molecule has 0 fully saturated rings. The molecule has 0 spiro atoms. The number of aliphatic carboxylic acids is 1. The summed E-state index contributed by atoms with van der Waals surface area (Å²) in [5.74, 6) is -2.00. The second-order valence-corrected chi connectivity index (χ2v) is 12.9. The van der Waals surface area contributed by atoms with Crippen LogP contribution in [-0.2, 0) is 19.1 Å². The highest BCUT2D eigenvalue weighted by molar-refractivity contribution is 6.76. The molecular formula is C14H27NO6Si. The van der Waals surface area contributed by atoms with Crippen LogP contribution in [0.3, 0.4) is 0 Å². The van der Waals surface area contributed by atoms with Gasteiger partial charge in [0.2, 0.25) is 0 Å². The number of esters is 1. The summed E-state index contributed by atoms with van der Waals surface area (Å²) in [6.45, 7) is 11.7. The summed E-state index contributed by atoms with van der Waals surface area (Å²) in [4.78, 5) is 34.3. The first-order chi connectivity index (χ1) is 9.80. The van der Waals surface area contributed by atoms with Crippen molar-refractivity contribution in [1.82, 2.24) is 5.32 Å². The van der Waals surface area contributed by atoms with Crippen molar-refractivity contribution in [3.8, 4) is 0 Å². The molecule has 1 atom stereocenters. The number of hydrogen-bond acceptors (Lipinski definition) is 5. The van der Waals surface area contributed by atoms with Crippen LogP contribution >= 0.6 is 0 Å². The summed E-state index contributed by atoms with van der Waals surface area (Å²) < 4.78 is 9.99. The van der Waals surface area contributed by atoms with Crippen LogP contribution in [0.4, 0.5) is 4.79 Å². The molecule has 0 aliphatic rings. The lowest BCUT2D eigenvalue weighted by atomic mass is 10.1. The van der Waals surface area contributed by atoms with Gasteiger partial charge in [0, 0.05) is 8.07 Å². The summed E-state index contributed by atoms with van der Waals surface area (Å²) >= 11 is 0. The van der Waals surface area contributed by atoms with Gasteiger partial charge in [0.15, 0.2) is 0 Å². The molecule has 0 saturated carbocycles. The molecule has 1 amide bonds. The van der Waals surface area contributed by atoms with Crippen molar-refractivity contribution >= 4 is 26.1 Å². The first kappa shape index (κ1) is 20.4. The van der Waals surface area contributed by atoms with E-state index in [2.05, 4.69) is 25.0 Å². The highest BCUT2D eigenvalue weighted by Gasteiger charge is 2.27. The minimum absolute atomic E-state index is 0.236. The second-order valence-electron chi connectivity index (χ2n) is 7.27. The number of rotatable bonds is 7. The standard InChI is InChI=1S/C14H27NO6Si/c1-14(2,3)21-11(16)9-10(12(17)18)15-13(19)20-7-8-22(4,5)6/h10H,7-9H2,1-6H3,(H,15,19)(H,17,18)/t10-/m0/s1. The van der Waals surface area contributed by atoms with E-state index in [1.165, 1.54) is 0 Å². The van der Waals surface area contributed by atoms with E-state index >= 15 is 0 Å². The van der Waals surface area contributed by atoms with Gasteiger partial charge in [-0.2, -0.15) is 0 Å². The Labute approximate surface area is 132 Å². The average Bonchev–Trinajstić information content (AvgIpc) is 2.23. The van der Waals surface area contributed by atoms with E-state index < -0.39 is 44.2 Å². The minimum atomic E-state index is -1.37. The van der Waals surface area contributed by atoms with Gasteiger partial charge in [0.1, 0.15) is 11.6 Å². The van der Waals surface area contributed by atoms with Crippen LogP contribution in [0, 0.1) is 0 Å². The van der Waals surface area contributed by atoms with Crippen LogP contribution < -0.4 is 5.32 Å². The lowest BCUT2D eigenvalue weighted by Gasteiger charge is -2.21. The monoisotopic (exact) mass is 333 g/mol. The quantitative estimate of drug-likeness (QED) is 0.547. The third-order valence-corrected chi connectivity index (χ3v) is 4.17. The number of alkyl carbamates (subject to hydrolysis) is 1. The van der Waals surface area contributed by atoms with Gasteiger partial charge < -0.3 is 19.9 Å². The zero-order valence-electron chi connectivity index (χ0n) is 14.2. The number of ether oxygens (including phenoxy) is 2. The van der Waals surface area contributed by atoms with Gasteiger partial charge in [-0.3, -0.25) is 4.79 Å². The van der Waals surface area contributed by atoms with Crippen LogP contribution in [0.2, 0.25) is 25.7 Å². The van der Waals surface area contributed by atoms with E-state index in [-0.39, 0.29) is 6.61 Å². The van der Waals surface area contributed by atoms with E-state index in [0.717, 1.165) is 6.04 Å². The summed E-state index contributed by atoms with van der Waals surface area (Å²) in [5, 5.41) is 11.2. The zero-order chi connectivity index (χ0) is 17.6. The Kier molecular flexibility index (Phi) is 7.58. The molecular weight excluding hydrogens is 306 g/mol. The maximum absolute atomic E-state index is 11.6. The zero-order valence-corrected chi connectivity index (χ0v) is 15.2. The molecule has 2 N–H and O–H groups in total. The predicted molar refractivity (Wildman–Crippen MR) is 84.5 cm³/mol. The topological polar surface area (TPSA) is 102 Å². The molecule has 0 bridgehead atoms. The van der Waals surface area contributed by atoms with Crippen molar-refractivity contribution in [1.29, 1.82) is 0 Å². The van der Waals surface area contributed by atoms with Crippen LogP contribution in [0.15, 0.2) is 0 Å². The molecule has 0 radical (unpaired) electrons. The van der Waals surface area contributed by atoms with Gasteiger partial charge in [-0.1, -0.05) is 19.6 Å². The van der Waals surface area contributed by atoms with E-state index in [1.54, 1.807) is 20.8 Å². The molecule has 0 heterocycles. The Morgan fingerprint density at radius 2 is 1.73 bits per heavy atom. The first-order valence-electron chi connectivity index (χ1n) is 7.18. The van der Waals surface area contributed by atoms with Crippen LogP contribution in [0.1, 0.15) is 27.2 Å². The number of hydrogen-bond donors (Lipinski definition) is 2. The Balaban J connectivity index is 4.38. The molecule has 0 aromatic carbocycles. The maximum Gasteiger partial charge on any atom is 0.407 e. The van der Waals surface area contributed by atoms with Gasteiger partial charge in [-0.15, -0.1) is 0 Å². The van der Waals surface area contributed by atoms with Crippen molar-refractivity contribution < 1.29 is 29.0 Å². The van der Waals surface area contributed by atoms with E-state index in [9.17, 15) is 14.4 Å². The van der Waals surface area contributed by atoms with Crippen molar-refractivity contribution in [2.75, 3.05) is 6.61 Å². The fraction of sp³-hybridized carbons (Fsp3) is 0.786. The van der Waals surface area contributed by atoms with Gasteiger partial charge >= 0.3 is 18.0 Å². The molecule has 0 rings (SSSR count). The average molecular weight is 333 g/mol. The number of carboxylic acids is 1. The van der Waals surface area contributed by atoms with Crippen LogP contribution in [-0.4, -0.2) is 49.5 Å². The molecule has 0 saturated heterocycles. The van der Waals surface area contributed by atoms with Gasteiger partial charge in [0.05, 0.1) is 13.0 Å². The molecule has 0 aliphatic carbocycles. The molecule has 0 aliphatic heterocycles. The van der Waals surface area contributed by atoms with E-state index in [0.29, 0.717) is 0 Å². The lowest BCUT2D eigenvalue weighted by Crippen LogP contribution is -2.43. The predicted octanol–water partition coefficient (Wildman–Crippen LogP) is 2.24. The van der Waals surface area contributed by atoms with Crippen LogP contribution in [0.25, 0.3) is 0 Å². The second kappa shape index (κ2) is 8.16. The highest BCUT2D eigenvalue weighted by atomic mass is 28.3. The Bertz CT molecular complexity index is 411. The lowest BCUT2D eigenvalue weighted by molar-refractivity contribution is -0.158. The molecule has 22 heavy (non-hydrogen) atoms. The van der Waals surface area contributed by atoms with Crippen molar-refractivity contribution in [2.24, 2.45) is 0 Å². The fourth-order valence-electron chi connectivity index (χ4n) is 1.38. The Morgan fingerprint density at radius 1 is 1.18 bits per heavy atom. The van der Waals surface area contributed by atoms with E-state index in [4.69, 9.17) is 14.6 Å². The van der Waals surface area contributed by atoms with Gasteiger partial charge in [-0.05, 0) is 26.8 Å². The third kappa shape index (κ3) is 11.1. The summed E-state index contributed by atoms with van der Waals surface area (Å²) in [5.41, 5.74) is -0.710. The molecule has 0 aromatic heterocycles. The third-order valence-electron chi connectivity index (χ3n) is 2.47. The number of nitrogens with one attached hydrogen (secondary N) is 1. The van der Waals surface area contributed by atoms with Gasteiger partial charge in [0.25, 0.3) is 0 Å². The first-order valence-corrected chi connectivity index (χ1v) is 10.9. The number of carbonyl (C=O) groups excluding carboxylic acids is 2. The number of carboxylic acid groups (broad SMARTS) is 1. The fourth-order valence-corrected chi connectivity index (χ4v) is 2.10. The molecule has 128 valence electrons. The molecule has 0 unspecified atom stereocenters. The number of amides is 1. The van der Waals surface area contributed by atoms with Crippen molar-refractivity contribution in [3.05, 3.63) is 0 Å². The Hall–Kier alpha value is -1.57. The summed E-state index contributed by atoms with van der Waals surface area (Å²) in [7, 11) is -1.33. The number of carbonyl (C=O) groups is 3. The molecule has 7 nitrogen and oxygen atoms in total. The van der Waals surface area contributed by atoms with Crippen molar-refractivity contribution in [3.63, 3.8) is 0 Å².